The summed E-state index contributed by atoms with van der Waals surface area (Å²) >= 11 is 7.43. The van der Waals surface area contributed by atoms with Crippen LogP contribution in [0.2, 0.25) is 5.02 Å². The average molecular weight is 558 g/mol. The van der Waals surface area contributed by atoms with Crippen molar-refractivity contribution in [3.05, 3.63) is 106 Å². The predicted molar refractivity (Wildman–Crippen MR) is 155 cm³/mol. The van der Waals surface area contributed by atoms with Crippen LogP contribution in [0.25, 0.3) is 26.3 Å². The summed E-state index contributed by atoms with van der Waals surface area (Å²) in [6, 6.07) is 24.1. The third-order valence-electron chi connectivity index (χ3n) is 6.78. The lowest BCUT2D eigenvalue weighted by Gasteiger charge is -2.22. The molecular weight excluding hydrogens is 534 g/mol. The van der Waals surface area contributed by atoms with E-state index in [0.29, 0.717) is 38.8 Å². The highest BCUT2D eigenvalue weighted by Crippen LogP contribution is 2.35. The number of anilines is 1. The molecule has 1 fully saturated rings. The van der Waals surface area contributed by atoms with E-state index in [1.165, 1.54) is 15.9 Å². The fourth-order valence-electron chi connectivity index (χ4n) is 4.77. The summed E-state index contributed by atoms with van der Waals surface area (Å²) in [4.78, 5) is 33.6. The molecule has 196 valence electrons. The van der Waals surface area contributed by atoms with E-state index in [-0.39, 0.29) is 17.6 Å². The van der Waals surface area contributed by atoms with Gasteiger partial charge in [0.15, 0.2) is 0 Å². The van der Waals surface area contributed by atoms with Crippen molar-refractivity contribution in [3.8, 4) is 21.9 Å². The third kappa shape index (κ3) is 5.01. The Hall–Kier alpha value is -4.14. The Morgan fingerprint density at radius 3 is 2.62 bits per heavy atom. The number of thiophene rings is 1. The Labute approximate surface area is 233 Å². The first-order valence-corrected chi connectivity index (χ1v) is 13.7. The molecule has 1 unspecified atom stereocenters. The molecule has 0 amide bonds. The number of hydrogen-bond donors (Lipinski definition) is 0. The molecule has 7 nitrogen and oxygen atoms in total. The molecule has 0 spiro atoms. The summed E-state index contributed by atoms with van der Waals surface area (Å²) in [5.41, 5.74) is 3.57. The topological polar surface area (TPSA) is 73.7 Å². The fourth-order valence-corrected chi connectivity index (χ4v) is 5.94. The van der Waals surface area contributed by atoms with Gasteiger partial charge in [0.25, 0.3) is 5.56 Å². The predicted octanol–water partition coefficient (Wildman–Crippen LogP) is 6.21. The first-order valence-electron chi connectivity index (χ1n) is 12.5. The molecule has 1 saturated heterocycles. The van der Waals surface area contributed by atoms with Gasteiger partial charge >= 0.3 is 5.97 Å². The highest BCUT2D eigenvalue weighted by Gasteiger charge is 2.28. The lowest BCUT2D eigenvalue weighted by atomic mass is 10.2. The number of esters is 1. The van der Waals surface area contributed by atoms with E-state index in [2.05, 4.69) is 9.88 Å². The molecule has 5 aromatic rings. The number of rotatable bonds is 6. The van der Waals surface area contributed by atoms with Crippen molar-refractivity contribution >= 4 is 44.8 Å². The van der Waals surface area contributed by atoms with Gasteiger partial charge in [0.1, 0.15) is 22.9 Å². The summed E-state index contributed by atoms with van der Waals surface area (Å²) in [5, 5.41) is 0.662. The van der Waals surface area contributed by atoms with Crippen LogP contribution in [0.15, 0.2) is 90.0 Å². The molecule has 6 rings (SSSR count). The van der Waals surface area contributed by atoms with Gasteiger partial charge in [-0.2, -0.15) is 0 Å². The zero-order valence-electron chi connectivity index (χ0n) is 21.0. The van der Waals surface area contributed by atoms with E-state index in [1.807, 2.05) is 66.7 Å². The van der Waals surface area contributed by atoms with Gasteiger partial charge in [0, 0.05) is 28.9 Å². The minimum Gasteiger partial charge on any atom is -0.495 e. The number of nitrogens with zero attached hydrogens (tertiary/aromatic N) is 3. The minimum atomic E-state index is -0.320. The van der Waals surface area contributed by atoms with Crippen molar-refractivity contribution in [1.29, 1.82) is 0 Å². The van der Waals surface area contributed by atoms with Crippen molar-refractivity contribution in [1.82, 2.24) is 9.55 Å². The summed E-state index contributed by atoms with van der Waals surface area (Å²) in [6.07, 6.45) is 2.05. The van der Waals surface area contributed by atoms with Gasteiger partial charge in [0.05, 0.1) is 36.1 Å². The number of ether oxygens (including phenoxy) is 2. The number of benzene rings is 3. The molecule has 9 heteroatoms. The Morgan fingerprint density at radius 2 is 1.85 bits per heavy atom. The van der Waals surface area contributed by atoms with Gasteiger partial charge in [-0.1, -0.05) is 41.9 Å². The highest BCUT2D eigenvalue weighted by molar-refractivity contribution is 7.22. The molecule has 39 heavy (non-hydrogen) atoms. The second-order valence-corrected chi connectivity index (χ2v) is 10.7. The van der Waals surface area contributed by atoms with Crippen molar-refractivity contribution < 1.29 is 14.3 Å². The van der Waals surface area contributed by atoms with E-state index in [0.717, 1.165) is 29.1 Å². The summed E-state index contributed by atoms with van der Waals surface area (Å²) < 4.78 is 13.6. The van der Waals surface area contributed by atoms with Crippen LogP contribution in [-0.2, 0) is 4.74 Å². The first-order chi connectivity index (χ1) is 19.0. The van der Waals surface area contributed by atoms with E-state index < -0.39 is 0 Å². The van der Waals surface area contributed by atoms with E-state index in [1.54, 1.807) is 25.6 Å². The van der Waals surface area contributed by atoms with Crippen LogP contribution in [0.1, 0.15) is 16.8 Å². The maximum atomic E-state index is 13.4. The van der Waals surface area contributed by atoms with E-state index >= 15 is 0 Å². The summed E-state index contributed by atoms with van der Waals surface area (Å²) in [7, 11) is 1.60. The zero-order valence-corrected chi connectivity index (χ0v) is 22.6. The highest BCUT2D eigenvalue weighted by atomic mass is 35.5. The minimum absolute atomic E-state index is 0.144. The monoisotopic (exact) mass is 557 g/mol. The maximum absolute atomic E-state index is 13.4. The summed E-state index contributed by atoms with van der Waals surface area (Å²) in [5.74, 6) is 0.308. The van der Waals surface area contributed by atoms with Crippen LogP contribution in [0.3, 0.4) is 0 Å². The van der Waals surface area contributed by atoms with Crippen molar-refractivity contribution in [3.63, 3.8) is 0 Å². The van der Waals surface area contributed by atoms with Crippen molar-refractivity contribution in [2.24, 2.45) is 0 Å². The molecule has 0 saturated carbocycles. The molecule has 1 aliphatic heterocycles. The molecule has 3 aromatic carbocycles. The lowest BCUT2D eigenvalue weighted by molar-refractivity contribution is 0.0348. The smallest absolute Gasteiger partial charge is 0.338 e. The Morgan fingerprint density at radius 1 is 1.05 bits per heavy atom. The molecule has 0 N–H and O–H groups in total. The molecule has 1 atom stereocenters. The second kappa shape index (κ2) is 10.6. The third-order valence-corrected chi connectivity index (χ3v) is 8.19. The molecule has 3 heterocycles. The van der Waals surface area contributed by atoms with Gasteiger partial charge < -0.3 is 14.4 Å². The number of methoxy groups -OCH3 is 1. The van der Waals surface area contributed by atoms with Gasteiger partial charge in [-0.05, 0) is 48.0 Å². The number of hydrogen-bond acceptors (Lipinski definition) is 7. The zero-order chi connectivity index (χ0) is 26.9. The van der Waals surface area contributed by atoms with Crippen LogP contribution in [0.4, 0.5) is 5.69 Å². The van der Waals surface area contributed by atoms with Gasteiger partial charge in [0.2, 0.25) is 0 Å². The van der Waals surface area contributed by atoms with Gasteiger partial charge in [-0.25, -0.2) is 9.78 Å². The number of halogens is 1. The molecule has 0 radical (unpaired) electrons. The SMILES string of the molecule is COc1cc(-n2cnc3cc(-c4ccc(Cl)cc4)sc3c2=O)ccc1N1CCC(OC(=O)c2ccccc2)C1. The first kappa shape index (κ1) is 25.2. The number of aromatic nitrogens is 2. The largest absolute Gasteiger partial charge is 0.495 e. The van der Waals surface area contributed by atoms with Crippen molar-refractivity contribution in [2.75, 3.05) is 25.1 Å². The van der Waals surface area contributed by atoms with Crippen LogP contribution < -0.4 is 15.2 Å². The fraction of sp³-hybridized carbons (Fsp3) is 0.167. The number of fused-ring (bicyclic) bond motifs is 1. The van der Waals surface area contributed by atoms with Crippen LogP contribution >= 0.6 is 22.9 Å². The Kier molecular flexibility index (Phi) is 6.81. The second-order valence-electron chi connectivity index (χ2n) is 9.24. The van der Waals surface area contributed by atoms with Crippen LogP contribution in [0, 0.1) is 0 Å². The van der Waals surface area contributed by atoms with E-state index in [9.17, 15) is 9.59 Å². The van der Waals surface area contributed by atoms with Crippen LogP contribution in [-0.4, -0.2) is 41.8 Å². The quantitative estimate of drug-likeness (QED) is 0.231. The normalized spacial score (nSPS) is 15.0. The number of carbonyl (C=O) groups is 1. The lowest BCUT2D eigenvalue weighted by Crippen LogP contribution is -2.25. The molecular formula is C30H24ClN3O4S. The number of carbonyl (C=O) groups excluding carboxylic acids is 1. The molecule has 0 aliphatic carbocycles. The molecule has 1 aliphatic rings. The molecule has 2 aromatic heterocycles. The maximum Gasteiger partial charge on any atom is 0.338 e. The average Bonchev–Trinajstić information content (AvgIpc) is 3.62. The van der Waals surface area contributed by atoms with Crippen molar-refractivity contribution in [2.45, 2.75) is 12.5 Å². The van der Waals surface area contributed by atoms with Gasteiger partial charge in [-0.3, -0.25) is 9.36 Å². The Bertz CT molecular complexity index is 1720. The Balaban J connectivity index is 1.24. The molecule has 0 bridgehead atoms. The summed E-state index contributed by atoms with van der Waals surface area (Å²) in [6.45, 7) is 1.28. The van der Waals surface area contributed by atoms with E-state index in [4.69, 9.17) is 21.1 Å². The van der Waals surface area contributed by atoms with Crippen LogP contribution in [0.5, 0.6) is 5.75 Å². The van der Waals surface area contributed by atoms with Gasteiger partial charge in [-0.15, -0.1) is 11.3 Å². The standard InChI is InChI=1S/C30H24ClN3O4S/c1-37-26-15-22(11-12-25(26)33-14-13-23(17-33)38-30(36)20-5-3-2-4-6-20)34-18-32-24-16-27(39-28(24)29(34)35)19-7-9-21(31)10-8-19/h2-12,15-16,18,23H,13-14,17H2,1H3.